The van der Waals surface area contributed by atoms with Crippen molar-refractivity contribution < 1.29 is 9.53 Å². The van der Waals surface area contributed by atoms with Crippen LogP contribution in [-0.2, 0) is 11.2 Å². The van der Waals surface area contributed by atoms with Gasteiger partial charge in [0.25, 0.3) is 0 Å². The molecule has 2 unspecified atom stereocenters. The van der Waals surface area contributed by atoms with Gasteiger partial charge in [-0.3, -0.25) is 4.79 Å². The summed E-state index contributed by atoms with van der Waals surface area (Å²) in [4.78, 5) is 12.0. The van der Waals surface area contributed by atoms with Crippen molar-refractivity contribution in [2.45, 2.75) is 38.6 Å². The third-order valence-electron chi connectivity index (χ3n) is 3.81. The lowest BCUT2D eigenvalue weighted by atomic mass is 10.1. The summed E-state index contributed by atoms with van der Waals surface area (Å²) < 4.78 is 5.58. The molecule has 4 nitrogen and oxygen atoms in total. The lowest BCUT2D eigenvalue weighted by Crippen LogP contribution is -2.32. The van der Waals surface area contributed by atoms with Crippen molar-refractivity contribution in [1.82, 2.24) is 5.32 Å². The lowest BCUT2D eigenvalue weighted by molar-refractivity contribution is -0.124. The number of rotatable bonds is 6. The Bertz CT molecular complexity index is 454. The molecule has 0 aliphatic heterocycles. The summed E-state index contributed by atoms with van der Waals surface area (Å²) in [5.74, 6) is 1.16. The van der Waals surface area contributed by atoms with Gasteiger partial charge in [0.05, 0.1) is 6.61 Å². The van der Waals surface area contributed by atoms with E-state index < -0.39 is 0 Å². The van der Waals surface area contributed by atoms with Gasteiger partial charge in [0.1, 0.15) is 5.75 Å². The monoisotopic (exact) mass is 312 g/mol. The molecule has 1 aromatic rings. The summed E-state index contributed by atoms with van der Waals surface area (Å²) in [5.41, 5.74) is 6.98. The van der Waals surface area contributed by atoms with Crippen molar-refractivity contribution in [1.29, 1.82) is 0 Å². The lowest BCUT2D eigenvalue weighted by Gasteiger charge is -2.12. The Hall–Kier alpha value is -1.26. The normalized spacial score (nSPS) is 20.7. The van der Waals surface area contributed by atoms with Crippen LogP contribution in [0, 0.1) is 5.92 Å². The SMILES string of the molecule is CCOc1ccccc1CCNC(=O)C1CCC(N)C1.Cl. The average molecular weight is 313 g/mol. The third-order valence-corrected chi connectivity index (χ3v) is 3.81. The highest BCUT2D eigenvalue weighted by Crippen LogP contribution is 2.24. The van der Waals surface area contributed by atoms with Gasteiger partial charge in [0.15, 0.2) is 0 Å². The molecule has 0 spiro atoms. The number of nitrogens with one attached hydrogen (secondary N) is 1. The van der Waals surface area contributed by atoms with Crippen molar-refractivity contribution in [3.8, 4) is 5.75 Å². The number of carbonyl (C=O) groups is 1. The van der Waals surface area contributed by atoms with E-state index in [9.17, 15) is 4.79 Å². The summed E-state index contributed by atoms with van der Waals surface area (Å²) in [6.45, 7) is 3.28. The van der Waals surface area contributed by atoms with E-state index in [0.717, 1.165) is 37.0 Å². The molecule has 3 N–H and O–H groups in total. The van der Waals surface area contributed by atoms with Crippen LogP contribution < -0.4 is 15.8 Å². The molecule has 2 atom stereocenters. The van der Waals surface area contributed by atoms with Crippen LogP contribution in [0.2, 0.25) is 0 Å². The standard InChI is InChI=1S/C16H24N2O2.ClH/c1-2-20-15-6-4-3-5-12(15)9-10-18-16(19)13-7-8-14(17)11-13;/h3-6,13-14H,2,7-11,17H2,1H3,(H,18,19);1H. The van der Waals surface area contributed by atoms with Gasteiger partial charge < -0.3 is 15.8 Å². The van der Waals surface area contributed by atoms with Crippen molar-refractivity contribution in [3.05, 3.63) is 29.8 Å². The number of para-hydroxylation sites is 1. The van der Waals surface area contributed by atoms with E-state index in [2.05, 4.69) is 5.32 Å². The molecular weight excluding hydrogens is 288 g/mol. The molecule has 0 aromatic heterocycles. The number of nitrogens with two attached hydrogens (primary N) is 1. The van der Waals surface area contributed by atoms with Crippen LogP contribution in [0.3, 0.4) is 0 Å². The number of benzene rings is 1. The van der Waals surface area contributed by atoms with E-state index in [-0.39, 0.29) is 30.3 Å². The minimum Gasteiger partial charge on any atom is -0.494 e. The topological polar surface area (TPSA) is 64.3 Å². The van der Waals surface area contributed by atoms with Gasteiger partial charge in [-0.15, -0.1) is 12.4 Å². The van der Waals surface area contributed by atoms with E-state index in [4.69, 9.17) is 10.5 Å². The van der Waals surface area contributed by atoms with Crippen molar-refractivity contribution >= 4 is 18.3 Å². The van der Waals surface area contributed by atoms with Gasteiger partial charge in [-0.2, -0.15) is 0 Å². The van der Waals surface area contributed by atoms with Crippen molar-refractivity contribution in [2.75, 3.05) is 13.2 Å². The van der Waals surface area contributed by atoms with Crippen molar-refractivity contribution in [2.24, 2.45) is 11.7 Å². The van der Waals surface area contributed by atoms with Gasteiger partial charge in [-0.1, -0.05) is 18.2 Å². The minimum absolute atomic E-state index is 0. The number of ether oxygens (including phenoxy) is 1. The van der Waals surface area contributed by atoms with Crippen LogP contribution in [0.25, 0.3) is 0 Å². The fourth-order valence-corrected chi connectivity index (χ4v) is 2.73. The third kappa shape index (κ3) is 5.21. The zero-order valence-corrected chi connectivity index (χ0v) is 13.3. The molecule has 0 radical (unpaired) electrons. The van der Waals surface area contributed by atoms with E-state index in [1.807, 2.05) is 31.2 Å². The summed E-state index contributed by atoms with van der Waals surface area (Å²) in [6, 6.07) is 8.17. The smallest absolute Gasteiger partial charge is 0.223 e. The second-order valence-corrected chi connectivity index (χ2v) is 5.35. The molecule has 1 aliphatic carbocycles. The first-order chi connectivity index (χ1) is 9.70. The Kier molecular flexibility index (Phi) is 7.54. The molecule has 5 heteroatoms. The molecule has 1 saturated carbocycles. The summed E-state index contributed by atoms with van der Waals surface area (Å²) in [5, 5.41) is 3.01. The molecule has 118 valence electrons. The Morgan fingerprint density at radius 3 is 2.81 bits per heavy atom. The Morgan fingerprint density at radius 1 is 1.38 bits per heavy atom. The highest BCUT2D eigenvalue weighted by molar-refractivity contribution is 5.85. The maximum atomic E-state index is 12.0. The van der Waals surface area contributed by atoms with E-state index >= 15 is 0 Å². The molecule has 2 rings (SSSR count). The summed E-state index contributed by atoms with van der Waals surface area (Å²) in [7, 11) is 0. The molecule has 1 fully saturated rings. The Labute approximate surface area is 132 Å². The summed E-state index contributed by atoms with van der Waals surface area (Å²) >= 11 is 0. The number of amides is 1. The van der Waals surface area contributed by atoms with Gasteiger partial charge in [0, 0.05) is 18.5 Å². The molecular formula is C16H25ClN2O2. The number of halogens is 1. The average Bonchev–Trinajstić information content (AvgIpc) is 2.88. The van der Waals surface area contributed by atoms with Crippen LogP contribution in [0.1, 0.15) is 31.7 Å². The van der Waals surface area contributed by atoms with Gasteiger partial charge >= 0.3 is 0 Å². The highest BCUT2D eigenvalue weighted by Gasteiger charge is 2.27. The highest BCUT2D eigenvalue weighted by atomic mass is 35.5. The van der Waals surface area contributed by atoms with Crippen LogP contribution in [0.5, 0.6) is 5.75 Å². The van der Waals surface area contributed by atoms with E-state index in [1.54, 1.807) is 0 Å². The zero-order chi connectivity index (χ0) is 14.4. The largest absolute Gasteiger partial charge is 0.494 e. The Morgan fingerprint density at radius 2 is 2.14 bits per heavy atom. The van der Waals surface area contributed by atoms with Crippen LogP contribution in [-0.4, -0.2) is 25.1 Å². The predicted molar refractivity (Wildman–Crippen MR) is 86.9 cm³/mol. The van der Waals surface area contributed by atoms with Crippen LogP contribution in [0.4, 0.5) is 0 Å². The maximum Gasteiger partial charge on any atom is 0.223 e. The summed E-state index contributed by atoms with van der Waals surface area (Å²) in [6.07, 6.45) is 3.50. The number of hydrogen-bond donors (Lipinski definition) is 2. The van der Waals surface area contributed by atoms with Gasteiger partial charge in [0.2, 0.25) is 5.91 Å². The van der Waals surface area contributed by atoms with Crippen molar-refractivity contribution in [3.63, 3.8) is 0 Å². The first-order valence-electron chi connectivity index (χ1n) is 7.44. The number of carbonyl (C=O) groups excluding carboxylic acids is 1. The molecule has 1 aromatic carbocycles. The van der Waals surface area contributed by atoms with Crippen LogP contribution in [0.15, 0.2) is 24.3 Å². The van der Waals surface area contributed by atoms with Gasteiger partial charge in [-0.05, 0) is 44.2 Å². The molecule has 21 heavy (non-hydrogen) atoms. The predicted octanol–water partition coefficient (Wildman–Crippen LogP) is 2.29. The first kappa shape index (κ1) is 17.8. The fourth-order valence-electron chi connectivity index (χ4n) is 2.73. The quantitative estimate of drug-likeness (QED) is 0.847. The molecule has 1 amide bonds. The molecule has 1 aliphatic rings. The van der Waals surface area contributed by atoms with E-state index in [0.29, 0.717) is 13.2 Å². The second-order valence-electron chi connectivity index (χ2n) is 5.35. The van der Waals surface area contributed by atoms with Crippen LogP contribution >= 0.6 is 12.4 Å². The first-order valence-corrected chi connectivity index (χ1v) is 7.44. The fraction of sp³-hybridized carbons (Fsp3) is 0.562. The maximum absolute atomic E-state index is 12.0. The number of hydrogen-bond acceptors (Lipinski definition) is 3. The Balaban J connectivity index is 0.00000220. The zero-order valence-electron chi connectivity index (χ0n) is 12.5. The molecule has 0 heterocycles. The second kappa shape index (κ2) is 8.90. The molecule has 0 bridgehead atoms. The van der Waals surface area contributed by atoms with Gasteiger partial charge in [-0.25, -0.2) is 0 Å². The minimum atomic E-state index is 0. The molecule has 0 saturated heterocycles. The van der Waals surface area contributed by atoms with E-state index in [1.165, 1.54) is 0 Å².